The van der Waals surface area contributed by atoms with Crippen molar-refractivity contribution >= 4 is 11.6 Å². The van der Waals surface area contributed by atoms with Crippen molar-refractivity contribution in [2.75, 3.05) is 6.54 Å². The van der Waals surface area contributed by atoms with Crippen LogP contribution < -0.4 is 10.1 Å². The van der Waals surface area contributed by atoms with Gasteiger partial charge < -0.3 is 10.1 Å². The lowest BCUT2D eigenvalue weighted by Gasteiger charge is -2.16. The predicted molar refractivity (Wildman–Crippen MR) is 77.8 cm³/mol. The smallest absolute Gasteiger partial charge is 0.224 e. The Hall–Kier alpha value is -1.65. The summed E-state index contributed by atoms with van der Waals surface area (Å²) in [6.07, 6.45) is 1.61. The molecule has 0 aliphatic carbocycles. The number of hydrogen-bond acceptors (Lipinski definition) is 3. The molecule has 1 aromatic carbocycles. The van der Waals surface area contributed by atoms with Gasteiger partial charge in [0.2, 0.25) is 5.88 Å². The van der Waals surface area contributed by atoms with Crippen LogP contribution in [0.1, 0.15) is 25.5 Å². The normalized spacial score (nSPS) is 12.2. The minimum atomic E-state index is -0.582. The van der Waals surface area contributed by atoms with E-state index in [9.17, 15) is 4.39 Å². The van der Waals surface area contributed by atoms with Crippen molar-refractivity contribution in [2.24, 2.45) is 0 Å². The molecule has 3 nitrogen and oxygen atoms in total. The van der Waals surface area contributed by atoms with Crippen LogP contribution in [0, 0.1) is 5.82 Å². The molecule has 0 bridgehead atoms. The van der Waals surface area contributed by atoms with E-state index in [4.69, 9.17) is 16.3 Å². The van der Waals surface area contributed by atoms with E-state index in [0.29, 0.717) is 5.88 Å². The molecule has 0 amide bonds. The molecule has 20 heavy (non-hydrogen) atoms. The van der Waals surface area contributed by atoms with Gasteiger partial charge in [-0.2, -0.15) is 0 Å². The maximum absolute atomic E-state index is 13.9. The van der Waals surface area contributed by atoms with Gasteiger partial charge in [0.1, 0.15) is 0 Å². The SMILES string of the molecule is CCNC(C)c1cccnc1Oc1cccc(Cl)c1F. The second-order valence-corrected chi connectivity index (χ2v) is 4.74. The van der Waals surface area contributed by atoms with Crippen molar-refractivity contribution in [2.45, 2.75) is 19.9 Å². The molecule has 0 aliphatic rings. The number of halogens is 2. The first kappa shape index (κ1) is 14.8. The van der Waals surface area contributed by atoms with Crippen molar-refractivity contribution in [3.05, 3.63) is 52.9 Å². The summed E-state index contributed by atoms with van der Waals surface area (Å²) in [5.41, 5.74) is 0.869. The van der Waals surface area contributed by atoms with Gasteiger partial charge >= 0.3 is 0 Å². The highest BCUT2D eigenvalue weighted by Crippen LogP contribution is 2.31. The molecule has 0 saturated heterocycles. The maximum atomic E-state index is 13.9. The Morgan fingerprint density at radius 3 is 2.90 bits per heavy atom. The van der Waals surface area contributed by atoms with Gasteiger partial charge in [0.25, 0.3) is 0 Å². The number of pyridine rings is 1. The first-order valence-electron chi connectivity index (χ1n) is 6.43. The van der Waals surface area contributed by atoms with Gasteiger partial charge in [-0.3, -0.25) is 0 Å². The third-order valence-electron chi connectivity index (χ3n) is 2.90. The average molecular weight is 295 g/mol. The summed E-state index contributed by atoms with van der Waals surface area (Å²) in [6, 6.07) is 8.42. The Kier molecular flexibility index (Phi) is 4.93. The van der Waals surface area contributed by atoms with Crippen molar-refractivity contribution in [1.82, 2.24) is 10.3 Å². The van der Waals surface area contributed by atoms with Crippen LogP contribution in [-0.4, -0.2) is 11.5 Å². The standard InChI is InChI=1S/C15H16ClFN2O/c1-3-18-10(2)11-6-5-9-19-15(11)20-13-8-4-7-12(16)14(13)17/h4-10,18H,3H2,1-2H3. The van der Waals surface area contributed by atoms with E-state index in [-0.39, 0.29) is 16.8 Å². The number of aromatic nitrogens is 1. The number of rotatable bonds is 5. The van der Waals surface area contributed by atoms with Gasteiger partial charge in [0, 0.05) is 17.8 Å². The summed E-state index contributed by atoms with van der Waals surface area (Å²) < 4.78 is 19.4. The summed E-state index contributed by atoms with van der Waals surface area (Å²) >= 11 is 5.74. The zero-order valence-corrected chi connectivity index (χ0v) is 12.1. The van der Waals surface area contributed by atoms with Crippen LogP contribution in [0.15, 0.2) is 36.5 Å². The largest absolute Gasteiger partial charge is 0.436 e. The topological polar surface area (TPSA) is 34.2 Å². The van der Waals surface area contributed by atoms with E-state index in [1.165, 1.54) is 12.1 Å². The Bertz CT molecular complexity index is 592. The van der Waals surface area contributed by atoms with Gasteiger partial charge in [0.15, 0.2) is 11.6 Å². The van der Waals surface area contributed by atoms with Crippen LogP contribution in [0.4, 0.5) is 4.39 Å². The van der Waals surface area contributed by atoms with Crippen molar-refractivity contribution in [3.63, 3.8) is 0 Å². The van der Waals surface area contributed by atoms with E-state index in [2.05, 4.69) is 10.3 Å². The van der Waals surface area contributed by atoms with Gasteiger partial charge in [0.05, 0.1) is 5.02 Å². The van der Waals surface area contributed by atoms with Crippen molar-refractivity contribution in [3.8, 4) is 11.6 Å². The van der Waals surface area contributed by atoms with E-state index < -0.39 is 5.82 Å². The molecule has 2 rings (SSSR count). The summed E-state index contributed by atoms with van der Waals surface area (Å²) in [5, 5.41) is 3.30. The van der Waals surface area contributed by atoms with Gasteiger partial charge in [-0.25, -0.2) is 9.37 Å². The van der Waals surface area contributed by atoms with Crippen molar-refractivity contribution in [1.29, 1.82) is 0 Å². The molecule has 1 atom stereocenters. The summed E-state index contributed by atoms with van der Waals surface area (Å²) in [7, 11) is 0. The first-order chi connectivity index (χ1) is 9.63. The molecule has 2 aromatic rings. The van der Waals surface area contributed by atoms with E-state index >= 15 is 0 Å². The highest BCUT2D eigenvalue weighted by Gasteiger charge is 2.15. The van der Waals surface area contributed by atoms with Crippen LogP contribution in [-0.2, 0) is 0 Å². The molecule has 1 unspecified atom stereocenters. The fourth-order valence-electron chi connectivity index (χ4n) is 1.90. The number of nitrogens with zero attached hydrogens (tertiary/aromatic N) is 1. The number of ether oxygens (including phenoxy) is 1. The molecular formula is C15H16ClFN2O. The molecule has 0 fully saturated rings. The lowest BCUT2D eigenvalue weighted by molar-refractivity contribution is 0.415. The van der Waals surface area contributed by atoms with Gasteiger partial charge in [-0.1, -0.05) is 30.7 Å². The minimum absolute atomic E-state index is 0.0275. The first-order valence-corrected chi connectivity index (χ1v) is 6.81. The monoisotopic (exact) mass is 294 g/mol. The Balaban J connectivity index is 2.32. The molecule has 0 radical (unpaired) electrons. The second-order valence-electron chi connectivity index (χ2n) is 4.33. The number of benzene rings is 1. The van der Waals surface area contributed by atoms with E-state index in [1.807, 2.05) is 26.0 Å². The fourth-order valence-corrected chi connectivity index (χ4v) is 2.07. The molecule has 1 heterocycles. The second kappa shape index (κ2) is 6.68. The number of nitrogens with one attached hydrogen (secondary N) is 1. The van der Waals surface area contributed by atoms with Crippen LogP contribution >= 0.6 is 11.6 Å². The third-order valence-corrected chi connectivity index (χ3v) is 3.19. The molecule has 5 heteroatoms. The van der Waals surface area contributed by atoms with Gasteiger partial charge in [-0.05, 0) is 31.7 Å². The van der Waals surface area contributed by atoms with Crippen LogP contribution in [0.5, 0.6) is 11.6 Å². The highest BCUT2D eigenvalue weighted by atomic mass is 35.5. The van der Waals surface area contributed by atoms with Gasteiger partial charge in [-0.15, -0.1) is 0 Å². The lowest BCUT2D eigenvalue weighted by Crippen LogP contribution is -2.18. The maximum Gasteiger partial charge on any atom is 0.224 e. The van der Waals surface area contributed by atoms with Crippen molar-refractivity contribution < 1.29 is 9.13 Å². The molecule has 0 aliphatic heterocycles. The Morgan fingerprint density at radius 1 is 1.35 bits per heavy atom. The number of hydrogen-bond donors (Lipinski definition) is 1. The molecule has 1 N–H and O–H groups in total. The molecule has 0 spiro atoms. The van der Waals surface area contributed by atoms with E-state index in [1.54, 1.807) is 12.3 Å². The fraction of sp³-hybridized carbons (Fsp3) is 0.267. The quantitative estimate of drug-likeness (QED) is 0.891. The Labute approximate surface area is 122 Å². The molecule has 106 valence electrons. The average Bonchev–Trinajstić information content (AvgIpc) is 2.45. The minimum Gasteiger partial charge on any atom is -0.436 e. The van der Waals surface area contributed by atoms with Crippen LogP contribution in [0.25, 0.3) is 0 Å². The van der Waals surface area contributed by atoms with E-state index in [0.717, 1.165) is 12.1 Å². The van der Waals surface area contributed by atoms with Crippen LogP contribution in [0.2, 0.25) is 5.02 Å². The highest BCUT2D eigenvalue weighted by molar-refractivity contribution is 6.30. The molecule has 0 saturated carbocycles. The molecular weight excluding hydrogens is 279 g/mol. The summed E-state index contributed by atoms with van der Waals surface area (Å²) in [5.74, 6) is -0.134. The Morgan fingerprint density at radius 2 is 2.15 bits per heavy atom. The zero-order chi connectivity index (χ0) is 14.5. The summed E-state index contributed by atoms with van der Waals surface area (Å²) in [6.45, 7) is 4.84. The lowest BCUT2D eigenvalue weighted by atomic mass is 10.1. The third kappa shape index (κ3) is 3.26. The zero-order valence-electron chi connectivity index (χ0n) is 11.4. The van der Waals surface area contributed by atoms with Crippen LogP contribution in [0.3, 0.4) is 0 Å². The summed E-state index contributed by atoms with van der Waals surface area (Å²) in [4.78, 5) is 4.18. The molecule has 1 aromatic heterocycles. The predicted octanol–water partition coefficient (Wildman–Crippen LogP) is 4.34.